The third kappa shape index (κ3) is 39.3. The van der Waals surface area contributed by atoms with Crippen molar-refractivity contribution in [2.24, 2.45) is 0 Å². The van der Waals surface area contributed by atoms with Gasteiger partial charge in [0.15, 0.2) is 0 Å². The molecule has 0 aromatic carbocycles. The first-order chi connectivity index (χ1) is 25.5. The van der Waals surface area contributed by atoms with Crippen molar-refractivity contribution in [3.05, 3.63) is 12.2 Å². The highest BCUT2D eigenvalue weighted by Gasteiger charge is 2.24. The SMILES string of the molecule is CCCCC/C=C/CCCC[C@@H](O)[C@H](COP(=O)([O-])OCC[N+](C)(C)C)NC(=O)CCCCCCCCCCCCCCCCCCCCCCCC. The minimum Gasteiger partial charge on any atom is -0.756 e. The molecule has 1 unspecified atom stereocenters. The number of hydrogen-bond acceptors (Lipinski definition) is 6. The molecule has 0 aromatic rings. The number of aliphatic hydroxyl groups excluding tert-OH is 1. The van der Waals surface area contributed by atoms with Crippen molar-refractivity contribution in [1.29, 1.82) is 0 Å². The number of phosphoric acid groups is 1. The van der Waals surface area contributed by atoms with Crippen LogP contribution in [0.3, 0.4) is 0 Å². The molecule has 0 heterocycles. The van der Waals surface area contributed by atoms with Gasteiger partial charge < -0.3 is 28.8 Å². The predicted molar refractivity (Wildman–Crippen MR) is 224 cm³/mol. The number of likely N-dealkylation sites (N-methyl/N-ethyl adjacent to an activating group) is 1. The molecule has 316 valence electrons. The normalized spacial score (nSPS) is 14.5. The zero-order chi connectivity index (χ0) is 39.3. The Balaban J connectivity index is 4.16. The number of phosphoric ester groups is 1. The molecule has 0 bridgehead atoms. The van der Waals surface area contributed by atoms with Crippen LogP contribution in [0.25, 0.3) is 0 Å². The number of aliphatic hydroxyl groups is 1. The molecule has 0 fully saturated rings. The summed E-state index contributed by atoms with van der Waals surface area (Å²) < 4.78 is 23.2. The summed E-state index contributed by atoms with van der Waals surface area (Å²) in [4.78, 5) is 25.2. The molecule has 0 aliphatic carbocycles. The fourth-order valence-corrected chi connectivity index (χ4v) is 7.35. The predicted octanol–water partition coefficient (Wildman–Crippen LogP) is 11.7. The summed E-state index contributed by atoms with van der Waals surface area (Å²) in [5.74, 6) is -0.174. The van der Waals surface area contributed by atoms with Crippen LogP contribution in [0.2, 0.25) is 0 Å². The van der Waals surface area contributed by atoms with Crippen LogP contribution in [0.15, 0.2) is 12.2 Å². The number of quaternary nitrogens is 1. The molecule has 0 spiro atoms. The summed E-state index contributed by atoms with van der Waals surface area (Å²) in [6.45, 7) is 4.66. The Hall–Kier alpha value is -0.760. The average Bonchev–Trinajstić information content (AvgIpc) is 3.10. The van der Waals surface area contributed by atoms with E-state index in [0.29, 0.717) is 23.9 Å². The first-order valence-corrected chi connectivity index (χ1v) is 24.0. The van der Waals surface area contributed by atoms with Gasteiger partial charge in [0, 0.05) is 6.42 Å². The van der Waals surface area contributed by atoms with E-state index < -0.39 is 20.0 Å². The van der Waals surface area contributed by atoms with Crippen molar-refractivity contribution >= 4 is 13.7 Å². The molecule has 8 nitrogen and oxygen atoms in total. The summed E-state index contributed by atoms with van der Waals surface area (Å²) >= 11 is 0. The van der Waals surface area contributed by atoms with E-state index in [9.17, 15) is 19.4 Å². The van der Waals surface area contributed by atoms with Crippen LogP contribution in [0.4, 0.5) is 0 Å². The molecular formula is C44H89N2O6P. The van der Waals surface area contributed by atoms with Gasteiger partial charge in [0.05, 0.1) is 39.9 Å². The van der Waals surface area contributed by atoms with Crippen molar-refractivity contribution in [2.45, 2.75) is 225 Å². The van der Waals surface area contributed by atoms with E-state index in [1.165, 1.54) is 141 Å². The van der Waals surface area contributed by atoms with Crippen molar-refractivity contribution in [1.82, 2.24) is 5.32 Å². The standard InChI is InChI=1S/C44H89N2O6P/c1-6-8-10-12-14-16-17-18-19-20-21-22-23-24-25-26-27-28-30-32-34-36-38-44(48)45-42(41-52-53(49,50)51-40-39-46(3,4)5)43(47)37-35-33-31-29-15-13-11-9-7-2/h15,29,42-43,47H,6-14,16-28,30-41H2,1-5H3,(H-,45,48,49,50)/b29-15+/t42-,43+/m0/s1. The molecule has 0 saturated carbocycles. The van der Waals surface area contributed by atoms with Crippen molar-refractivity contribution < 1.29 is 32.9 Å². The first-order valence-electron chi connectivity index (χ1n) is 22.5. The monoisotopic (exact) mass is 773 g/mol. The van der Waals surface area contributed by atoms with Crippen LogP contribution in [0.5, 0.6) is 0 Å². The second-order valence-corrected chi connectivity index (χ2v) is 18.2. The van der Waals surface area contributed by atoms with Gasteiger partial charge in [0.1, 0.15) is 13.2 Å². The maximum atomic E-state index is 12.8. The lowest BCUT2D eigenvalue weighted by molar-refractivity contribution is -0.870. The van der Waals surface area contributed by atoms with E-state index in [2.05, 4.69) is 31.3 Å². The first kappa shape index (κ1) is 52.2. The largest absolute Gasteiger partial charge is 0.756 e. The summed E-state index contributed by atoms with van der Waals surface area (Å²) in [5, 5.41) is 13.8. The summed E-state index contributed by atoms with van der Waals surface area (Å²) in [5.41, 5.74) is 0. The Kier molecular flexibility index (Phi) is 36.3. The number of nitrogens with one attached hydrogen (secondary N) is 1. The van der Waals surface area contributed by atoms with Gasteiger partial charge in [-0.25, -0.2) is 0 Å². The molecule has 0 aliphatic heterocycles. The van der Waals surface area contributed by atoms with Crippen molar-refractivity contribution in [3.63, 3.8) is 0 Å². The molecule has 1 amide bonds. The summed E-state index contributed by atoms with van der Waals surface area (Å²) in [6.07, 6.45) is 40.9. The smallest absolute Gasteiger partial charge is 0.268 e. The molecular weight excluding hydrogens is 683 g/mol. The molecule has 0 radical (unpaired) electrons. The number of amides is 1. The molecule has 0 aromatic heterocycles. The van der Waals surface area contributed by atoms with Crippen molar-refractivity contribution in [2.75, 3.05) is 40.9 Å². The molecule has 3 atom stereocenters. The van der Waals surface area contributed by atoms with Gasteiger partial charge in [-0.1, -0.05) is 180 Å². The molecule has 53 heavy (non-hydrogen) atoms. The highest BCUT2D eigenvalue weighted by Crippen LogP contribution is 2.38. The van der Waals surface area contributed by atoms with Crippen molar-refractivity contribution in [3.8, 4) is 0 Å². The van der Waals surface area contributed by atoms with Gasteiger partial charge in [-0.05, 0) is 38.5 Å². The third-order valence-electron chi connectivity index (χ3n) is 10.3. The van der Waals surface area contributed by atoms with Gasteiger partial charge in [-0.2, -0.15) is 0 Å². The number of nitrogens with zero attached hydrogens (tertiary/aromatic N) is 1. The lowest BCUT2D eigenvalue weighted by atomic mass is 10.0. The minimum atomic E-state index is -4.56. The van der Waals surface area contributed by atoms with Crippen LogP contribution in [0, 0.1) is 0 Å². The van der Waals surface area contributed by atoms with E-state index in [-0.39, 0.29) is 19.1 Å². The van der Waals surface area contributed by atoms with Crippen LogP contribution in [-0.2, 0) is 18.4 Å². The molecule has 0 aliphatic rings. The van der Waals surface area contributed by atoms with E-state index in [4.69, 9.17) is 9.05 Å². The fourth-order valence-electron chi connectivity index (χ4n) is 6.62. The second-order valence-electron chi connectivity index (χ2n) is 16.8. The Morgan fingerprint density at radius 1 is 0.642 bits per heavy atom. The van der Waals surface area contributed by atoms with Gasteiger partial charge in [0.2, 0.25) is 5.91 Å². The lowest BCUT2D eigenvalue weighted by Gasteiger charge is -2.30. The fraction of sp³-hybridized carbons (Fsp3) is 0.932. The Morgan fingerprint density at radius 2 is 1.04 bits per heavy atom. The average molecular weight is 773 g/mol. The summed E-state index contributed by atoms with van der Waals surface area (Å²) in [7, 11) is 1.29. The van der Waals surface area contributed by atoms with Crippen LogP contribution >= 0.6 is 7.82 Å². The zero-order valence-electron chi connectivity index (χ0n) is 35.7. The molecule has 0 saturated heterocycles. The zero-order valence-corrected chi connectivity index (χ0v) is 36.6. The highest BCUT2D eigenvalue weighted by molar-refractivity contribution is 7.45. The van der Waals surface area contributed by atoms with Gasteiger partial charge in [0.25, 0.3) is 7.82 Å². The maximum absolute atomic E-state index is 12.8. The maximum Gasteiger partial charge on any atom is 0.268 e. The van der Waals surface area contributed by atoms with E-state index in [1.807, 2.05) is 21.1 Å². The van der Waals surface area contributed by atoms with E-state index >= 15 is 0 Å². The van der Waals surface area contributed by atoms with Gasteiger partial charge >= 0.3 is 0 Å². The van der Waals surface area contributed by atoms with Crippen LogP contribution < -0.4 is 10.2 Å². The van der Waals surface area contributed by atoms with Crippen LogP contribution in [-0.4, -0.2) is 68.5 Å². The van der Waals surface area contributed by atoms with Gasteiger partial charge in [-0.15, -0.1) is 0 Å². The highest BCUT2D eigenvalue weighted by atomic mass is 31.2. The van der Waals surface area contributed by atoms with Gasteiger partial charge in [-0.3, -0.25) is 9.36 Å². The van der Waals surface area contributed by atoms with E-state index in [0.717, 1.165) is 44.9 Å². The Morgan fingerprint density at radius 3 is 1.47 bits per heavy atom. The number of allylic oxidation sites excluding steroid dienone is 2. The van der Waals surface area contributed by atoms with Crippen LogP contribution in [0.1, 0.15) is 213 Å². The topological polar surface area (TPSA) is 108 Å². The number of carbonyl (C=O) groups is 1. The number of unbranched alkanes of at least 4 members (excludes halogenated alkanes) is 26. The third-order valence-corrected chi connectivity index (χ3v) is 11.2. The Bertz CT molecular complexity index is 880. The molecule has 9 heteroatoms. The number of hydrogen-bond donors (Lipinski definition) is 2. The second kappa shape index (κ2) is 36.9. The molecule has 0 rings (SSSR count). The minimum absolute atomic E-state index is 0.00925. The lowest BCUT2D eigenvalue weighted by Crippen LogP contribution is -2.46. The number of rotatable bonds is 41. The Labute approximate surface area is 329 Å². The number of carbonyl (C=O) groups excluding carboxylic acids is 1. The summed E-state index contributed by atoms with van der Waals surface area (Å²) in [6, 6.07) is -0.809. The molecule has 2 N–H and O–H groups in total. The quantitative estimate of drug-likeness (QED) is 0.0277. The van der Waals surface area contributed by atoms with E-state index in [1.54, 1.807) is 0 Å².